The molecule has 9 nitrogen and oxygen atoms in total. The summed E-state index contributed by atoms with van der Waals surface area (Å²) in [6, 6.07) is 8.85. The first-order valence-corrected chi connectivity index (χ1v) is 12.6. The van der Waals surface area contributed by atoms with Crippen molar-refractivity contribution in [3.8, 4) is 11.3 Å². The molecule has 1 N–H and O–H groups in total. The predicted molar refractivity (Wildman–Crippen MR) is 140 cm³/mol. The number of aryl methyl sites for hydroxylation is 4. The average Bonchev–Trinajstić information content (AvgIpc) is 3.29. The molecule has 2 aromatic heterocycles. The first-order valence-electron chi connectivity index (χ1n) is 12.6. The fraction of sp³-hybridized carbons (Fsp3) is 0.481. The summed E-state index contributed by atoms with van der Waals surface area (Å²) in [6.45, 7) is 11.7. The van der Waals surface area contributed by atoms with Crippen molar-refractivity contribution in [2.45, 2.75) is 65.6 Å². The van der Waals surface area contributed by atoms with E-state index in [4.69, 9.17) is 4.74 Å². The monoisotopic (exact) mass is 489 g/mol. The third-order valence-electron chi connectivity index (χ3n) is 6.77. The molecule has 190 valence electrons. The Kier molecular flexibility index (Phi) is 6.10. The lowest BCUT2D eigenvalue weighted by atomic mass is 9.90. The molecule has 0 fully saturated rings. The maximum Gasteiger partial charge on any atom is 0.410 e. The van der Waals surface area contributed by atoms with Gasteiger partial charge in [-0.3, -0.25) is 4.68 Å². The van der Waals surface area contributed by atoms with Gasteiger partial charge in [-0.25, -0.2) is 9.48 Å². The molecule has 0 spiro atoms. The summed E-state index contributed by atoms with van der Waals surface area (Å²) in [4.78, 5) is 14.3. The highest BCUT2D eigenvalue weighted by Gasteiger charge is 2.28. The van der Waals surface area contributed by atoms with Crippen molar-refractivity contribution in [1.82, 2.24) is 29.7 Å². The van der Waals surface area contributed by atoms with Gasteiger partial charge in [0, 0.05) is 38.3 Å². The Morgan fingerprint density at radius 2 is 1.97 bits per heavy atom. The Morgan fingerprint density at radius 1 is 1.17 bits per heavy atom. The SMILES string of the molecule is Cc1cc(NC2CCn3nnc(C)c3-c3ccc(C4=CCN(C(=O)OC(C)(C)C)CC4)cc32)n(C)n1. The van der Waals surface area contributed by atoms with Gasteiger partial charge in [0.2, 0.25) is 0 Å². The minimum Gasteiger partial charge on any atom is -0.444 e. The van der Waals surface area contributed by atoms with Gasteiger partial charge in [0.05, 0.1) is 23.1 Å². The van der Waals surface area contributed by atoms with Gasteiger partial charge in [0.15, 0.2) is 0 Å². The van der Waals surface area contributed by atoms with E-state index in [0.717, 1.165) is 47.8 Å². The quantitative estimate of drug-likeness (QED) is 0.564. The van der Waals surface area contributed by atoms with Crippen molar-refractivity contribution >= 4 is 17.5 Å². The molecule has 1 amide bonds. The van der Waals surface area contributed by atoms with Crippen LogP contribution in [-0.4, -0.2) is 54.5 Å². The van der Waals surface area contributed by atoms with E-state index < -0.39 is 5.60 Å². The standard InChI is InChI=1S/C27H35N7O2/c1-17-15-24(32(6)30-17)28-23-11-14-34-25(18(2)29-31-34)21-8-7-20(16-22(21)23)19-9-12-33(13-10-19)26(35)36-27(3,4)5/h7-9,15-16,23,28H,10-14H2,1-6H3. The number of nitrogens with one attached hydrogen (secondary N) is 1. The van der Waals surface area contributed by atoms with Crippen molar-refractivity contribution < 1.29 is 9.53 Å². The van der Waals surface area contributed by atoms with Crippen LogP contribution in [0.15, 0.2) is 30.3 Å². The molecule has 0 bridgehead atoms. The molecule has 5 rings (SSSR count). The van der Waals surface area contributed by atoms with Gasteiger partial charge in [-0.05, 0) is 70.2 Å². The van der Waals surface area contributed by atoms with Crippen molar-refractivity contribution in [2.75, 3.05) is 18.4 Å². The summed E-state index contributed by atoms with van der Waals surface area (Å²) in [5.74, 6) is 0.994. The number of carbonyl (C=O) groups is 1. The summed E-state index contributed by atoms with van der Waals surface area (Å²) in [5.41, 5.74) is 7.32. The van der Waals surface area contributed by atoms with Gasteiger partial charge in [0.25, 0.3) is 0 Å². The Bertz CT molecular complexity index is 1330. The Morgan fingerprint density at radius 3 is 2.64 bits per heavy atom. The highest BCUT2D eigenvalue weighted by molar-refractivity contribution is 5.76. The zero-order chi connectivity index (χ0) is 25.6. The van der Waals surface area contributed by atoms with Gasteiger partial charge < -0.3 is 15.0 Å². The molecular formula is C27H35N7O2. The van der Waals surface area contributed by atoms with Gasteiger partial charge in [-0.2, -0.15) is 5.10 Å². The molecule has 9 heteroatoms. The number of benzene rings is 1. The largest absolute Gasteiger partial charge is 0.444 e. The average molecular weight is 490 g/mol. The molecule has 1 unspecified atom stereocenters. The minimum absolute atomic E-state index is 0.0957. The second kappa shape index (κ2) is 9.11. The van der Waals surface area contributed by atoms with Crippen LogP contribution in [0.2, 0.25) is 0 Å². The van der Waals surface area contributed by atoms with Crippen LogP contribution < -0.4 is 5.32 Å². The number of amides is 1. The van der Waals surface area contributed by atoms with E-state index in [-0.39, 0.29) is 12.1 Å². The number of rotatable bonds is 3. The second-order valence-electron chi connectivity index (χ2n) is 10.7. The summed E-state index contributed by atoms with van der Waals surface area (Å²) in [5, 5.41) is 17.0. The van der Waals surface area contributed by atoms with Gasteiger partial charge >= 0.3 is 6.09 Å². The normalized spacial score (nSPS) is 17.7. The zero-order valence-electron chi connectivity index (χ0n) is 22.0. The lowest BCUT2D eigenvalue weighted by Crippen LogP contribution is -2.39. The summed E-state index contributed by atoms with van der Waals surface area (Å²) >= 11 is 0. The van der Waals surface area contributed by atoms with Crippen LogP contribution in [0, 0.1) is 13.8 Å². The van der Waals surface area contributed by atoms with E-state index in [1.54, 1.807) is 4.90 Å². The second-order valence-corrected chi connectivity index (χ2v) is 10.7. The summed E-state index contributed by atoms with van der Waals surface area (Å²) in [6.07, 6.45) is 3.56. The van der Waals surface area contributed by atoms with Crippen LogP contribution in [0.25, 0.3) is 16.8 Å². The van der Waals surface area contributed by atoms with Crippen LogP contribution in [0.3, 0.4) is 0 Å². The Hall–Kier alpha value is -3.62. The molecule has 2 aliphatic rings. The number of nitrogens with zero attached hydrogens (tertiary/aromatic N) is 6. The van der Waals surface area contributed by atoms with Gasteiger partial charge in [0.1, 0.15) is 11.4 Å². The number of aromatic nitrogens is 5. The molecule has 2 aliphatic heterocycles. The smallest absolute Gasteiger partial charge is 0.410 e. The maximum absolute atomic E-state index is 12.5. The molecule has 0 radical (unpaired) electrons. The van der Waals surface area contributed by atoms with E-state index >= 15 is 0 Å². The maximum atomic E-state index is 12.5. The number of carbonyl (C=O) groups excluding carboxylic acids is 1. The van der Waals surface area contributed by atoms with Crippen LogP contribution >= 0.6 is 0 Å². The molecule has 36 heavy (non-hydrogen) atoms. The first-order chi connectivity index (χ1) is 17.1. The Labute approximate surface area is 212 Å². The van der Waals surface area contributed by atoms with Crippen molar-refractivity contribution in [2.24, 2.45) is 7.05 Å². The van der Waals surface area contributed by atoms with E-state index in [2.05, 4.69) is 51.1 Å². The summed E-state index contributed by atoms with van der Waals surface area (Å²) < 4.78 is 9.46. The molecular weight excluding hydrogens is 454 g/mol. The van der Waals surface area contributed by atoms with Crippen LogP contribution in [0.4, 0.5) is 10.6 Å². The number of anilines is 1. The lowest BCUT2D eigenvalue weighted by molar-refractivity contribution is 0.0270. The number of ether oxygens (including phenoxy) is 1. The van der Waals surface area contributed by atoms with E-state index in [1.165, 1.54) is 16.7 Å². The van der Waals surface area contributed by atoms with Crippen molar-refractivity contribution in [3.63, 3.8) is 0 Å². The highest BCUT2D eigenvalue weighted by atomic mass is 16.6. The fourth-order valence-corrected chi connectivity index (χ4v) is 5.06. The van der Waals surface area contributed by atoms with Gasteiger partial charge in [-0.15, -0.1) is 5.10 Å². The molecule has 0 saturated heterocycles. The topological polar surface area (TPSA) is 90.1 Å². The molecule has 1 atom stereocenters. The van der Waals surface area contributed by atoms with E-state index in [1.807, 2.05) is 51.0 Å². The van der Waals surface area contributed by atoms with E-state index in [0.29, 0.717) is 13.1 Å². The first kappa shape index (κ1) is 24.1. The van der Waals surface area contributed by atoms with E-state index in [9.17, 15) is 4.79 Å². The molecule has 0 aliphatic carbocycles. The number of hydrogen-bond donors (Lipinski definition) is 1. The predicted octanol–water partition coefficient (Wildman–Crippen LogP) is 4.88. The number of fused-ring (bicyclic) bond motifs is 3. The fourth-order valence-electron chi connectivity index (χ4n) is 5.06. The van der Waals surface area contributed by atoms with Gasteiger partial charge in [-0.1, -0.05) is 23.4 Å². The lowest BCUT2D eigenvalue weighted by Gasteiger charge is -2.30. The molecule has 1 aromatic carbocycles. The third kappa shape index (κ3) is 4.74. The van der Waals surface area contributed by atoms with Crippen LogP contribution in [-0.2, 0) is 18.3 Å². The molecule has 3 aromatic rings. The van der Waals surface area contributed by atoms with Crippen LogP contribution in [0.1, 0.15) is 62.2 Å². The summed E-state index contributed by atoms with van der Waals surface area (Å²) in [7, 11) is 1.96. The zero-order valence-corrected chi connectivity index (χ0v) is 22.0. The highest BCUT2D eigenvalue weighted by Crippen LogP contribution is 2.39. The van der Waals surface area contributed by atoms with Crippen LogP contribution in [0.5, 0.6) is 0 Å². The third-order valence-corrected chi connectivity index (χ3v) is 6.77. The number of hydrogen-bond acceptors (Lipinski definition) is 6. The Balaban J connectivity index is 1.47. The van der Waals surface area contributed by atoms with Crippen molar-refractivity contribution in [3.05, 3.63) is 52.9 Å². The molecule has 4 heterocycles. The minimum atomic E-state index is -0.494. The molecule has 0 saturated carbocycles. The van der Waals surface area contributed by atoms with Crippen molar-refractivity contribution in [1.29, 1.82) is 0 Å².